The number of carbonyl (C=O) groups excluding carboxylic acids is 2. The molecule has 0 fully saturated rings. The van der Waals surface area contributed by atoms with Crippen molar-refractivity contribution in [2.24, 2.45) is 11.7 Å². The summed E-state index contributed by atoms with van der Waals surface area (Å²) >= 11 is 0. The van der Waals surface area contributed by atoms with E-state index in [9.17, 15) is 9.59 Å². The molecule has 1 unspecified atom stereocenters. The van der Waals surface area contributed by atoms with Gasteiger partial charge in [-0.15, -0.1) is 0 Å². The Hall–Kier alpha value is -2.24. The van der Waals surface area contributed by atoms with Crippen molar-refractivity contribution in [3.8, 4) is 0 Å². The first kappa shape index (κ1) is 15.8. The van der Waals surface area contributed by atoms with E-state index in [-0.39, 0.29) is 11.8 Å². The standard InChI is InChI=1S/C14H22N4O2/c1-8(2)12(13(16)19)17-11-7-9(15)5-6-10(11)14(20)18(3)4/h5-8,12,17H,15H2,1-4H3,(H2,16,19). The predicted molar refractivity (Wildman–Crippen MR) is 80.3 cm³/mol. The topological polar surface area (TPSA) is 101 Å². The number of nitrogen functional groups attached to an aromatic ring is 1. The lowest BCUT2D eigenvalue weighted by Gasteiger charge is -2.23. The summed E-state index contributed by atoms with van der Waals surface area (Å²) in [6.07, 6.45) is 0. The van der Waals surface area contributed by atoms with Crippen LogP contribution in [0, 0.1) is 5.92 Å². The van der Waals surface area contributed by atoms with Gasteiger partial charge in [-0.05, 0) is 24.1 Å². The van der Waals surface area contributed by atoms with E-state index in [0.717, 1.165) is 0 Å². The summed E-state index contributed by atoms with van der Waals surface area (Å²) in [6.45, 7) is 3.75. The summed E-state index contributed by atoms with van der Waals surface area (Å²) in [5.74, 6) is -0.638. The SMILES string of the molecule is CC(C)C(Nc1cc(N)ccc1C(=O)N(C)C)C(N)=O. The highest BCUT2D eigenvalue weighted by atomic mass is 16.2. The van der Waals surface area contributed by atoms with Crippen molar-refractivity contribution in [3.05, 3.63) is 23.8 Å². The van der Waals surface area contributed by atoms with Gasteiger partial charge >= 0.3 is 0 Å². The molecule has 0 aliphatic carbocycles. The van der Waals surface area contributed by atoms with Gasteiger partial charge in [-0.2, -0.15) is 0 Å². The summed E-state index contributed by atoms with van der Waals surface area (Å²) in [5.41, 5.74) is 12.6. The zero-order valence-electron chi connectivity index (χ0n) is 12.3. The Morgan fingerprint density at radius 2 is 1.85 bits per heavy atom. The molecule has 110 valence electrons. The van der Waals surface area contributed by atoms with Crippen LogP contribution < -0.4 is 16.8 Å². The zero-order valence-corrected chi connectivity index (χ0v) is 12.3. The fourth-order valence-electron chi connectivity index (χ4n) is 1.84. The van der Waals surface area contributed by atoms with Gasteiger partial charge in [-0.3, -0.25) is 9.59 Å². The molecule has 6 heteroatoms. The van der Waals surface area contributed by atoms with Gasteiger partial charge in [0.2, 0.25) is 5.91 Å². The second-order valence-corrected chi connectivity index (χ2v) is 5.27. The highest BCUT2D eigenvalue weighted by molar-refractivity contribution is 6.00. The Bertz CT molecular complexity index is 512. The van der Waals surface area contributed by atoms with E-state index in [1.54, 1.807) is 32.3 Å². The Labute approximate surface area is 119 Å². The molecule has 6 nitrogen and oxygen atoms in total. The number of carbonyl (C=O) groups is 2. The van der Waals surface area contributed by atoms with Gasteiger partial charge < -0.3 is 21.7 Å². The van der Waals surface area contributed by atoms with E-state index in [1.165, 1.54) is 4.90 Å². The van der Waals surface area contributed by atoms with Crippen molar-refractivity contribution < 1.29 is 9.59 Å². The average Bonchev–Trinajstić information content (AvgIpc) is 2.34. The molecule has 0 saturated heterocycles. The largest absolute Gasteiger partial charge is 0.399 e. The van der Waals surface area contributed by atoms with Crippen LogP contribution >= 0.6 is 0 Å². The fraction of sp³-hybridized carbons (Fsp3) is 0.429. The summed E-state index contributed by atoms with van der Waals surface area (Å²) < 4.78 is 0. The van der Waals surface area contributed by atoms with E-state index in [1.807, 2.05) is 13.8 Å². The van der Waals surface area contributed by atoms with Crippen LogP contribution in [-0.4, -0.2) is 36.9 Å². The van der Waals surface area contributed by atoms with Crippen LogP contribution in [0.25, 0.3) is 0 Å². The zero-order chi connectivity index (χ0) is 15.4. The van der Waals surface area contributed by atoms with Gasteiger partial charge in [0.15, 0.2) is 0 Å². The Morgan fingerprint density at radius 1 is 1.25 bits per heavy atom. The van der Waals surface area contributed by atoms with Crippen LogP contribution in [0.5, 0.6) is 0 Å². The molecule has 0 aliphatic heterocycles. The molecule has 1 rings (SSSR count). The second kappa shape index (κ2) is 6.27. The van der Waals surface area contributed by atoms with Crippen molar-refractivity contribution in [1.82, 2.24) is 4.90 Å². The third kappa shape index (κ3) is 3.63. The second-order valence-electron chi connectivity index (χ2n) is 5.27. The number of anilines is 2. The number of rotatable bonds is 5. The van der Waals surface area contributed by atoms with Crippen molar-refractivity contribution in [2.75, 3.05) is 25.1 Å². The van der Waals surface area contributed by atoms with Crippen LogP contribution in [0.4, 0.5) is 11.4 Å². The molecule has 0 aliphatic rings. The van der Waals surface area contributed by atoms with Gasteiger partial charge in [0, 0.05) is 25.5 Å². The summed E-state index contributed by atoms with van der Waals surface area (Å²) in [4.78, 5) is 25.1. The van der Waals surface area contributed by atoms with Gasteiger partial charge in [-0.25, -0.2) is 0 Å². The van der Waals surface area contributed by atoms with Gasteiger partial charge in [-0.1, -0.05) is 13.8 Å². The van der Waals surface area contributed by atoms with Crippen LogP contribution in [-0.2, 0) is 4.79 Å². The van der Waals surface area contributed by atoms with Crippen LogP contribution in [0.2, 0.25) is 0 Å². The van der Waals surface area contributed by atoms with E-state index in [4.69, 9.17) is 11.5 Å². The normalized spacial score (nSPS) is 12.1. The molecular formula is C14H22N4O2. The molecule has 0 spiro atoms. The maximum absolute atomic E-state index is 12.1. The lowest BCUT2D eigenvalue weighted by molar-refractivity contribution is -0.119. The summed E-state index contributed by atoms with van der Waals surface area (Å²) in [7, 11) is 3.33. The van der Waals surface area contributed by atoms with Crippen LogP contribution in [0.15, 0.2) is 18.2 Å². The van der Waals surface area contributed by atoms with Gasteiger partial charge in [0.1, 0.15) is 6.04 Å². The lowest BCUT2D eigenvalue weighted by atomic mass is 10.0. The Kier molecular flexibility index (Phi) is 4.96. The summed E-state index contributed by atoms with van der Waals surface area (Å²) in [5, 5.41) is 3.02. The molecule has 1 aromatic rings. The fourth-order valence-corrected chi connectivity index (χ4v) is 1.84. The predicted octanol–water partition coefficient (Wildman–Crippen LogP) is 0.892. The van der Waals surface area contributed by atoms with Crippen molar-refractivity contribution >= 4 is 23.2 Å². The van der Waals surface area contributed by atoms with E-state index in [2.05, 4.69) is 5.32 Å². The minimum atomic E-state index is -0.564. The highest BCUT2D eigenvalue weighted by Crippen LogP contribution is 2.22. The van der Waals surface area contributed by atoms with Crippen LogP contribution in [0.3, 0.4) is 0 Å². The van der Waals surface area contributed by atoms with E-state index >= 15 is 0 Å². The maximum atomic E-state index is 12.1. The number of nitrogens with one attached hydrogen (secondary N) is 1. The van der Waals surface area contributed by atoms with Gasteiger partial charge in [0.25, 0.3) is 5.91 Å². The van der Waals surface area contributed by atoms with Crippen molar-refractivity contribution in [1.29, 1.82) is 0 Å². The quantitative estimate of drug-likeness (QED) is 0.696. The summed E-state index contributed by atoms with van der Waals surface area (Å²) in [6, 6.07) is 4.36. The molecule has 2 amide bonds. The number of nitrogens with two attached hydrogens (primary N) is 2. The molecule has 1 aromatic carbocycles. The molecule has 0 aromatic heterocycles. The van der Waals surface area contributed by atoms with Gasteiger partial charge in [0.05, 0.1) is 5.56 Å². The highest BCUT2D eigenvalue weighted by Gasteiger charge is 2.22. The number of primary amides is 1. The first-order valence-electron chi connectivity index (χ1n) is 6.41. The first-order valence-corrected chi connectivity index (χ1v) is 6.41. The average molecular weight is 278 g/mol. The Balaban J connectivity index is 3.18. The Morgan fingerprint density at radius 3 is 2.30 bits per heavy atom. The lowest BCUT2D eigenvalue weighted by Crippen LogP contribution is -2.40. The molecule has 0 heterocycles. The number of benzene rings is 1. The van der Waals surface area contributed by atoms with Crippen LogP contribution in [0.1, 0.15) is 24.2 Å². The molecule has 5 N–H and O–H groups in total. The monoisotopic (exact) mass is 278 g/mol. The van der Waals surface area contributed by atoms with E-state index in [0.29, 0.717) is 16.9 Å². The molecular weight excluding hydrogens is 256 g/mol. The number of hydrogen-bond acceptors (Lipinski definition) is 4. The minimum Gasteiger partial charge on any atom is -0.399 e. The molecule has 0 bridgehead atoms. The number of hydrogen-bond donors (Lipinski definition) is 3. The molecule has 20 heavy (non-hydrogen) atoms. The first-order chi connectivity index (χ1) is 9.23. The molecule has 0 radical (unpaired) electrons. The van der Waals surface area contributed by atoms with Crippen molar-refractivity contribution in [3.63, 3.8) is 0 Å². The molecule has 1 atom stereocenters. The number of nitrogens with zero attached hydrogens (tertiary/aromatic N) is 1. The smallest absolute Gasteiger partial charge is 0.255 e. The third-order valence-electron chi connectivity index (χ3n) is 2.96. The molecule has 0 saturated carbocycles. The minimum absolute atomic E-state index is 0.00348. The van der Waals surface area contributed by atoms with Crippen molar-refractivity contribution in [2.45, 2.75) is 19.9 Å². The number of amides is 2. The maximum Gasteiger partial charge on any atom is 0.255 e. The van der Waals surface area contributed by atoms with E-state index < -0.39 is 11.9 Å². The third-order valence-corrected chi connectivity index (χ3v) is 2.96.